The first-order valence-corrected chi connectivity index (χ1v) is 8.00. The number of ether oxygens (including phenoxy) is 1. The van der Waals surface area contributed by atoms with Crippen molar-refractivity contribution in [3.8, 4) is 5.75 Å². The van der Waals surface area contributed by atoms with Gasteiger partial charge in [-0.3, -0.25) is 9.69 Å². The number of nitrogens with zero attached hydrogens (tertiary/aromatic N) is 1. The third-order valence-electron chi connectivity index (χ3n) is 4.12. The van der Waals surface area contributed by atoms with E-state index in [4.69, 9.17) is 4.74 Å². The number of carbonyl (C=O) groups excluding carboxylic acids is 1. The van der Waals surface area contributed by atoms with Gasteiger partial charge in [-0.2, -0.15) is 0 Å². The molecule has 1 aliphatic rings. The molecule has 2 rings (SSSR count). The molecule has 5 heteroatoms. The first kappa shape index (κ1) is 16.8. The normalized spacial score (nSPS) is 17.9. The zero-order valence-electron chi connectivity index (χ0n) is 13.2. The van der Waals surface area contributed by atoms with Crippen LogP contribution in [0.3, 0.4) is 0 Å². The van der Waals surface area contributed by atoms with Crippen LogP contribution >= 0.6 is 0 Å². The summed E-state index contributed by atoms with van der Waals surface area (Å²) in [4.78, 5) is 14.0. The predicted molar refractivity (Wildman–Crippen MR) is 85.8 cm³/mol. The summed E-state index contributed by atoms with van der Waals surface area (Å²) in [6, 6.07) is 9.58. The van der Waals surface area contributed by atoms with Crippen LogP contribution in [0.5, 0.6) is 5.75 Å². The van der Waals surface area contributed by atoms with Gasteiger partial charge in [-0.25, -0.2) is 0 Å². The fourth-order valence-electron chi connectivity index (χ4n) is 2.73. The minimum atomic E-state index is -0.244. The van der Waals surface area contributed by atoms with Gasteiger partial charge in [0.25, 0.3) is 0 Å². The molecule has 0 saturated carbocycles. The molecule has 1 amide bonds. The summed E-state index contributed by atoms with van der Waals surface area (Å²) in [7, 11) is 0. The molecule has 2 N–H and O–H groups in total. The van der Waals surface area contributed by atoms with E-state index in [-0.39, 0.29) is 12.0 Å². The van der Waals surface area contributed by atoms with E-state index in [1.807, 2.05) is 37.3 Å². The molecule has 5 nitrogen and oxygen atoms in total. The Hall–Kier alpha value is -1.59. The maximum Gasteiger partial charge on any atom is 0.234 e. The van der Waals surface area contributed by atoms with Crippen molar-refractivity contribution >= 4 is 5.91 Å². The van der Waals surface area contributed by atoms with Crippen LogP contribution in [-0.2, 0) is 4.79 Å². The van der Waals surface area contributed by atoms with E-state index in [1.165, 1.54) is 0 Å². The quantitative estimate of drug-likeness (QED) is 0.745. The molecule has 0 spiro atoms. The maximum atomic E-state index is 11.9. The van der Waals surface area contributed by atoms with Gasteiger partial charge in [0.1, 0.15) is 12.4 Å². The zero-order valence-corrected chi connectivity index (χ0v) is 13.2. The smallest absolute Gasteiger partial charge is 0.234 e. The summed E-state index contributed by atoms with van der Waals surface area (Å²) in [6.07, 6.45) is 1.68. The SMILES string of the molecule is CC(O)C1CCN(CC(=O)NCCOc2ccccc2)CC1. The van der Waals surface area contributed by atoms with Crippen molar-refractivity contribution in [3.63, 3.8) is 0 Å². The van der Waals surface area contributed by atoms with E-state index in [9.17, 15) is 9.90 Å². The van der Waals surface area contributed by atoms with Crippen LogP contribution in [0.1, 0.15) is 19.8 Å². The molecule has 1 saturated heterocycles. The van der Waals surface area contributed by atoms with Crippen LogP contribution in [0, 0.1) is 5.92 Å². The summed E-state index contributed by atoms with van der Waals surface area (Å²) >= 11 is 0. The highest BCUT2D eigenvalue weighted by Crippen LogP contribution is 2.20. The second-order valence-corrected chi connectivity index (χ2v) is 5.87. The molecule has 1 fully saturated rings. The molecule has 1 aromatic rings. The molecular formula is C17H26N2O3. The van der Waals surface area contributed by atoms with Gasteiger partial charge in [0, 0.05) is 0 Å². The number of aliphatic hydroxyl groups is 1. The van der Waals surface area contributed by atoms with E-state index in [0.717, 1.165) is 31.7 Å². The molecule has 0 radical (unpaired) electrons. The lowest BCUT2D eigenvalue weighted by Crippen LogP contribution is -2.43. The highest BCUT2D eigenvalue weighted by atomic mass is 16.5. The standard InChI is InChI=1S/C17H26N2O3/c1-14(20)15-7-10-19(11-8-15)13-17(21)18-9-12-22-16-5-3-2-4-6-16/h2-6,14-15,20H,7-13H2,1H3,(H,18,21). The average molecular weight is 306 g/mol. The van der Waals surface area contributed by atoms with E-state index >= 15 is 0 Å². The first-order valence-electron chi connectivity index (χ1n) is 8.00. The first-order chi connectivity index (χ1) is 10.6. The van der Waals surface area contributed by atoms with Crippen molar-refractivity contribution in [2.24, 2.45) is 5.92 Å². The topological polar surface area (TPSA) is 61.8 Å². The number of hydrogen-bond acceptors (Lipinski definition) is 4. The number of likely N-dealkylation sites (tertiary alicyclic amines) is 1. The van der Waals surface area contributed by atoms with Crippen molar-refractivity contribution in [3.05, 3.63) is 30.3 Å². The Kier molecular flexibility index (Phi) is 6.68. The monoisotopic (exact) mass is 306 g/mol. The van der Waals surface area contributed by atoms with Crippen molar-refractivity contribution in [1.82, 2.24) is 10.2 Å². The lowest BCUT2D eigenvalue weighted by Gasteiger charge is -2.32. The summed E-state index contributed by atoms with van der Waals surface area (Å²) in [5.41, 5.74) is 0. The van der Waals surface area contributed by atoms with Gasteiger partial charge in [0.15, 0.2) is 0 Å². The number of nitrogens with one attached hydrogen (secondary N) is 1. The van der Waals surface area contributed by atoms with Crippen LogP contribution in [0.2, 0.25) is 0 Å². The minimum absolute atomic E-state index is 0.0344. The fraction of sp³-hybridized carbons (Fsp3) is 0.588. The lowest BCUT2D eigenvalue weighted by molar-refractivity contribution is -0.122. The number of benzene rings is 1. The van der Waals surface area contributed by atoms with Crippen molar-refractivity contribution in [2.45, 2.75) is 25.9 Å². The van der Waals surface area contributed by atoms with Crippen LogP contribution in [0.4, 0.5) is 0 Å². The summed E-state index contributed by atoms with van der Waals surface area (Å²) < 4.78 is 5.53. The zero-order chi connectivity index (χ0) is 15.8. The van der Waals surface area contributed by atoms with E-state index in [0.29, 0.717) is 25.6 Å². The molecule has 1 aromatic carbocycles. The van der Waals surface area contributed by atoms with Crippen molar-refractivity contribution < 1.29 is 14.6 Å². The van der Waals surface area contributed by atoms with Gasteiger partial charge < -0.3 is 15.2 Å². The molecule has 1 unspecified atom stereocenters. The number of rotatable bonds is 7. The Morgan fingerprint density at radius 3 is 2.68 bits per heavy atom. The van der Waals surface area contributed by atoms with Crippen LogP contribution < -0.4 is 10.1 Å². The van der Waals surface area contributed by atoms with Gasteiger partial charge in [0.2, 0.25) is 5.91 Å². The molecule has 0 aromatic heterocycles. The maximum absolute atomic E-state index is 11.9. The van der Waals surface area contributed by atoms with E-state index in [1.54, 1.807) is 0 Å². The van der Waals surface area contributed by atoms with Gasteiger partial charge in [-0.05, 0) is 50.9 Å². The number of hydrogen-bond donors (Lipinski definition) is 2. The Morgan fingerprint density at radius 2 is 2.05 bits per heavy atom. The Labute approximate surface area is 132 Å². The Balaban J connectivity index is 1.57. The predicted octanol–water partition coefficient (Wildman–Crippen LogP) is 1.27. The molecule has 0 bridgehead atoms. The highest BCUT2D eigenvalue weighted by molar-refractivity contribution is 5.78. The van der Waals surface area contributed by atoms with Crippen LogP contribution in [-0.4, -0.2) is 54.8 Å². The molecule has 122 valence electrons. The van der Waals surface area contributed by atoms with Crippen LogP contribution in [0.15, 0.2) is 30.3 Å². The summed E-state index contributed by atoms with van der Waals surface area (Å²) in [5, 5.41) is 12.5. The van der Waals surface area contributed by atoms with Crippen molar-refractivity contribution in [2.75, 3.05) is 32.8 Å². The van der Waals surface area contributed by atoms with Gasteiger partial charge in [-0.1, -0.05) is 18.2 Å². The fourth-order valence-corrected chi connectivity index (χ4v) is 2.73. The number of para-hydroxylation sites is 1. The van der Waals surface area contributed by atoms with Crippen LogP contribution in [0.25, 0.3) is 0 Å². The highest BCUT2D eigenvalue weighted by Gasteiger charge is 2.23. The molecule has 22 heavy (non-hydrogen) atoms. The molecule has 1 atom stereocenters. The Morgan fingerprint density at radius 1 is 1.36 bits per heavy atom. The average Bonchev–Trinajstić information content (AvgIpc) is 2.53. The van der Waals surface area contributed by atoms with Gasteiger partial charge in [0.05, 0.1) is 19.2 Å². The number of aliphatic hydroxyl groups excluding tert-OH is 1. The number of carbonyl (C=O) groups is 1. The van der Waals surface area contributed by atoms with Gasteiger partial charge >= 0.3 is 0 Å². The number of piperidine rings is 1. The molecule has 0 aliphatic carbocycles. The summed E-state index contributed by atoms with van der Waals surface area (Å²) in [6.45, 7) is 5.02. The second kappa shape index (κ2) is 8.76. The Bertz CT molecular complexity index is 442. The van der Waals surface area contributed by atoms with E-state index in [2.05, 4.69) is 10.2 Å². The molecule has 1 heterocycles. The number of amides is 1. The largest absolute Gasteiger partial charge is 0.492 e. The molecular weight excluding hydrogens is 280 g/mol. The van der Waals surface area contributed by atoms with Gasteiger partial charge in [-0.15, -0.1) is 0 Å². The molecule has 1 aliphatic heterocycles. The summed E-state index contributed by atoms with van der Waals surface area (Å²) in [5.74, 6) is 1.22. The van der Waals surface area contributed by atoms with Crippen molar-refractivity contribution in [1.29, 1.82) is 0 Å². The lowest BCUT2D eigenvalue weighted by atomic mass is 9.92. The third kappa shape index (κ3) is 5.66. The second-order valence-electron chi connectivity index (χ2n) is 5.87. The minimum Gasteiger partial charge on any atom is -0.492 e. The van der Waals surface area contributed by atoms with E-state index < -0.39 is 0 Å². The third-order valence-corrected chi connectivity index (χ3v) is 4.12.